The van der Waals surface area contributed by atoms with Crippen molar-refractivity contribution in [3.05, 3.63) is 51.9 Å². The topological polar surface area (TPSA) is 70.2 Å². The number of hydrogen-bond acceptors (Lipinski definition) is 5. The molecule has 9 heteroatoms. The van der Waals surface area contributed by atoms with Gasteiger partial charge in [0, 0.05) is 12.6 Å². The van der Waals surface area contributed by atoms with E-state index in [0.29, 0.717) is 11.8 Å². The van der Waals surface area contributed by atoms with Crippen LogP contribution >= 0.6 is 0 Å². The van der Waals surface area contributed by atoms with Gasteiger partial charge in [0.2, 0.25) is 5.95 Å². The Bertz CT molecular complexity index is 757. The molecule has 0 saturated heterocycles. The molecular weight excluding hydrogens is 337 g/mol. The van der Waals surface area contributed by atoms with Crippen LogP contribution in [0.15, 0.2) is 35.1 Å². The minimum absolute atomic E-state index is 0.147. The Labute approximate surface area is 142 Å². The highest BCUT2D eigenvalue weighted by molar-refractivity contribution is 5.32. The average Bonchev–Trinajstić information content (AvgIpc) is 2.54. The van der Waals surface area contributed by atoms with Crippen molar-refractivity contribution in [3.63, 3.8) is 0 Å². The molecule has 6 nitrogen and oxygen atoms in total. The highest BCUT2D eigenvalue weighted by atomic mass is 19.4. The summed E-state index contributed by atoms with van der Waals surface area (Å²) >= 11 is 0. The summed E-state index contributed by atoms with van der Waals surface area (Å²) in [6.07, 6.45) is -4.68. The second-order valence-electron chi connectivity index (χ2n) is 5.61. The minimum Gasteiger partial charge on any atom is -0.497 e. The third-order valence-corrected chi connectivity index (χ3v) is 3.62. The minimum atomic E-state index is -4.68. The summed E-state index contributed by atoms with van der Waals surface area (Å²) < 4.78 is 43.4. The molecule has 0 saturated carbocycles. The van der Waals surface area contributed by atoms with Gasteiger partial charge in [0.25, 0.3) is 5.56 Å². The fourth-order valence-electron chi connectivity index (χ4n) is 2.30. The Hall–Kier alpha value is -2.55. The van der Waals surface area contributed by atoms with Crippen LogP contribution in [0.5, 0.6) is 5.75 Å². The first-order valence-electron chi connectivity index (χ1n) is 7.43. The van der Waals surface area contributed by atoms with Gasteiger partial charge in [0.05, 0.1) is 13.2 Å². The molecule has 136 valence electrons. The Morgan fingerprint density at radius 3 is 2.44 bits per heavy atom. The lowest BCUT2D eigenvalue weighted by molar-refractivity contribution is -0.141. The monoisotopic (exact) mass is 356 g/mol. The molecule has 0 fully saturated rings. The number of benzene rings is 1. The molecule has 0 aliphatic carbocycles. The van der Waals surface area contributed by atoms with Crippen molar-refractivity contribution in [3.8, 4) is 5.75 Å². The van der Waals surface area contributed by atoms with Crippen LogP contribution in [0.4, 0.5) is 19.1 Å². The molecule has 1 atom stereocenters. The van der Waals surface area contributed by atoms with Crippen LogP contribution < -0.4 is 15.6 Å². The number of hydrogen-bond donors (Lipinski definition) is 2. The first kappa shape index (κ1) is 18.8. The largest absolute Gasteiger partial charge is 0.497 e. The van der Waals surface area contributed by atoms with Crippen molar-refractivity contribution in [2.24, 2.45) is 0 Å². The van der Waals surface area contributed by atoms with Gasteiger partial charge in [0.15, 0.2) is 5.69 Å². The number of aromatic amines is 1. The van der Waals surface area contributed by atoms with Gasteiger partial charge < -0.3 is 15.0 Å². The quantitative estimate of drug-likeness (QED) is 0.832. The Morgan fingerprint density at radius 2 is 1.92 bits per heavy atom. The number of ether oxygens (including phenoxy) is 1. The van der Waals surface area contributed by atoms with E-state index in [-0.39, 0.29) is 18.5 Å². The predicted molar refractivity (Wildman–Crippen MR) is 87.8 cm³/mol. The summed E-state index contributed by atoms with van der Waals surface area (Å²) in [6, 6.07) is 7.62. The number of alkyl halides is 3. The lowest BCUT2D eigenvalue weighted by atomic mass is 10.1. The molecule has 1 unspecified atom stereocenters. The van der Waals surface area contributed by atoms with E-state index in [4.69, 9.17) is 4.74 Å². The van der Waals surface area contributed by atoms with Crippen LogP contribution in [0.1, 0.15) is 17.3 Å². The molecule has 0 spiro atoms. The molecule has 2 aromatic rings. The van der Waals surface area contributed by atoms with Gasteiger partial charge in [-0.3, -0.25) is 9.78 Å². The van der Waals surface area contributed by atoms with Gasteiger partial charge in [0.1, 0.15) is 5.75 Å². The summed E-state index contributed by atoms with van der Waals surface area (Å²) in [5, 5.41) is 2.77. The molecule has 25 heavy (non-hydrogen) atoms. The molecule has 2 rings (SSSR count). The molecule has 0 bridgehead atoms. The molecule has 0 aliphatic heterocycles. The number of rotatable bonds is 6. The third kappa shape index (κ3) is 4.96. The summed E-state index contributed by atoms with van der Waals surface area (Å²) in [6.45, 7) is 0.254. The molecule has 1 heterocycles. The summed E-state index contributed by atoms with van der Waals surface area (Å²) in [7, 11) is 5.26. The van der Waals surface area contributed by atoms with Crippen molar-refractivity contribution in [1.82, 2.24) is 14.9 Å². The first-order chi connectivity index (χ1) is 11.7. The zero-order chi connectivity index (χ0) is 18.6. The number of nitrogens with one attached hydrogen (secondary N) is 2. The van der Waals surface area contributed by atoms with E-state index in [0.717, 1.165) is 5.56 Å². The van der Waals surface area contributed by atoms with Gasteiger partial charge >= 0.3 is 6.18 Å². The summed E-state index contributed by atoms with van der Waals surface area (Å²) in [5.74, 6) is 0.485. The van der Waals surface area contributed by atoms with Crippen molar-refractivity contribution in [1.29, 1.82) is 0 Å². The van der Waals surface area contributed by atoms with Crippen LogP contribution in [0, 0.1) is 0 Å². The van der Waals surface area contributed by atoms with E-state index in [2.05, 4.69) is 15.3 Å². The van der Waals surface area contributed by atoms with Gasteiger partial charge in [-0.25, -0.2) is 4.98 Å². The maximum atomic E-state index is 12.7. The zero-order valence-corrected chi connectivity index (χ0v) is 14.0. The van der Waals surface area contributed by atoms with Crippen molar-refractivity contribution in [2.75, 3.05) is 33.1 Å². The second-order valence-corrected chi connectivity index (χ2v) is 5.61. The van der Waals surface area contributed by atoms with Crippen LogP contribution in [-0.4, -0.2) is 42.6 Å². The second kappa shape index (κ2) is 7.56. The first-order valence-corrected chi connectivity index (χ1v) is 7.43. The summed E-state index contributed by atoms with van der Waals surface area (Å²) in [4.78, 5) is 19.0. The summed E-state index contributed by atoms with van der Waals surface area (Å²) in [5.41, 5.74) is -1.16. The molecule has 0 radical (unpaired) electrons. The Balaban J connectivity index is 2.18. The smallest absolute Gasteiger partial charge is 0.433 e. The van der Waals surface area contributed by atoms with E-state index < -0.39 is 17.4 Å². The molecule has 1 aromatic heterocycles. The highest BCUT2D eigenvalue weighted by Crippen LogP contribution is 2.27. The van der Waals surface area contributed by atoms with E-state index >= 15 is 0 Å². The van der Waals surface area contributed by atoms with Crippen molar-refractivity contribution < 1.29 is 17.9 Å². The number of anilines is 1. The van der Waals surface area contributed by atoms with Gasteiger partial charge in [-0.2, -0.15) is 13.2 Å². The average molecular weight is 356 g/mol. The van der Waals surface area contributed by atoms with E-state index in [1.54, 1.807) is 19.2 Å². The van der Waals surface area contributed by atoms with Crippen LogP contribution in [-0.2, 0) is 6.18 Å². The number of halogens is 3. The SMILES string of the molecule is COc1ccc(C(CNc2nc(C(F)(F)F)cc(=O)[nH]2)N(C)C)cc1. The van der Waals surface area contributed by atoms with Crippen LogP contribution in [0.2, 0.25) is 0 Å². The normalized spacial score (nSPS) is 12.9. The highest BCUT2D eigenvalue weighted by Gasteiger charge is 2.33. The number of H-pyrrole nitrogens is 1. The fourth-order valence-corrected chi connectivity index (χ4v) is 2.30. The Morgan fingerprint density at radius 1 is 1.28 bits per heavy atom. The third-order valence-electron chi connectivity index (χ3n) is 3.62. The number of likely N-dealkylation sites (N-methyl/N-ethyl adjacent to an activating group) is 1. The van der Waals surface area contributed by atoms with E-state index in [1.165, 1.54) is 0 Å². The van der Waals surface area contributed by atoms with Gasteiger partial charge in [-0.1, -0.05) is 12.1 Å². The fraction of sp³-hybridized carbons (Fsp3) is 0.375. The molecule has 1 aromatic carbocycles. The molecule has 0 amide bonds. The molecular formula is C16H19F3N4O2. The molecule has 2 N–H and O–H groups in total. The molecule has 0 aliphatic rings. The van der Waals surface area contributed by atoms with Crippen LogP contribution in [0.25, 0.3) is 0 Å². The zero-order valence-electron chi connectivity index (χ0n) is 14.0. The number of nitrogens with zero attached hydrogens (tertiary/aromatic N) is 2. The van der Waals surface area contributed by atoms with Crippen molar-refractivity contribution >= 4 is 5.95 Å². The Kier molecular flexibility index (Phi) is 5.68. The maximum absolute atomic E-state index is 12.7. The van der Waals surface area contributed by atoms with Crippen LogP contribution in [0.3, 0.4) is 0 Å². The van der Waals surface area contributed by atoms with Gasteiger partial charge in [-0.15, -0.1) is 0 Å². The lowest BCUT2D eigenvalue weighted by Crippen LogP contribution is -2.28. The maximum Gasteiger partial charge on any atom is 0.433 e. The van der Waals surface area contributed by atoms with Crippen molar-refractivity contribution in [2.45, 2.75) is 12.2 Å². The lowest BCUT2D eigenvalue weighted by Gasteiger charge is -2.25. The predicted octanol–water partition coefficient (Wildman–Crippen LogP) is 2.51. The van der Waals surface area contributed by atoms with E-state index in [1.807, 2.05) is 31.1 Å². The van der Waals surface area contributed by atoms with E-state index in [9.17, 15) is 18.0 Å². The van der Waals surface area contributed by atoms with Gasteiger partial charge in [-0.05, 0) is 31.8 Å². The number of aromatic nitrogens is 2. The standard InChI is InChI=1S/C16H19F3N4O2/c1-23(2)12(10-4-6-11(25-3)7-5-10)9-20-15-21-13(16(17,18)19)8-14(24)22-15/h4-8,12H,9H2,1-3H3,(H2,20,21,22,24). The number of methoxy groups -OCH3 is 1.